The van der Waals surface area contributed by atoms with Crippen LogP contribution in [0.1, 0.15) is 14.3 Å². The molecule has 0 aromatic heterocycles. The predicted octanol–water partition coefficient (Wildman–Crippen LogP) is -1.79. The Hall–Kier alpha value is 1.64. The van der Waals surface area contributed by atoms with Crippen molar-refractivity contribution in [2.24, 2.45) is 0 Å². The Morgan fingerprint density at radius 1 is 1.40 bits per heavy atom. The zero-order chi connectivity index (χ0) is 7.33. The zero-order valence-corrected chi connectivity index (χ0v) is 10.9. The second-order valence-corrected chi connectivity index (χ2v) is 4.33. The van der Waals surface area contributed by atoms with Gasteiger partial charge in [-0.25, -0.2) is 0 Å². The minimum atomic E-state index is -3.70. The molecule has 0 bridgehead atoms. The van der Waals surface area contributed by atoms with Gasteiger partial charge in [0.2, 0.25) is 0 Å². The Morgan fingerprint density at radius 3 is 2.20 bits per heavy atom. The summed E-state index contributed by atoms with van der Waals surface area (Å²) in [7, 11) is -3.70. The quantitative estimate of drug-likeness (QED) is 0.218. The molecule has 0 aromatic carbocycles. The third kappa shape index (κ3) is 12.3. The molecule has 0 aliphatic carbocycles. The summed E-state index contributed by atoms with van der Waals surface area (Å²) in [6.07, 6.45) is 1.40. The van der Waals surface area contributed by atoms with E-state index in [1.54, 1.807) is 0 Å². The van der Waals surface area contributed by atoms with Gasteiger partial charge in [-0.3, -0.25) is 4.55 Å². The maximum absolute atomic E-state index is 10.1. The molecule has 0 saturated carbocycles. The zero-order valence-electron chi connectivity index (χ0n) is 6.88. The SMILES string of the molecule is O=S(=O)(O)CCCCI.[H-].[Na+]. The van der Waals surface area contributed by atoms with E-state index in [0.717, 1.165) is 10.8 Å². The summed E-state index contributed by atoms with van der Waals surface area (Å²) in [6.45, 7) is 0. The molecule has 0 heterocycles. The molecule has 0 fully saturated rings. The van der Waals surface area contributed by atoms with Crippen molar-refractivity contribution >= 4 is 32.7 Å². The topological polar surface area (TPSA) is 54.4 Å². The second-order valence-electron chi connectivity index (χ2n) is 1.68. The Labute approximate surface area is 98.6 Å². The van der Waals surface area contributed by atoms with Crippen LogP contribution < -0.4 is 29.6 Å². The van der Waals surface area contributed by atoms with Crippen molar-refractivity contribution in [2.45, 2.75) is 12.8 Å². The molecule has 0 amide bonds. The largest absolute Gasteiger partial charge is 1.00 e. The fraction of sp³-hybridized carbons (Fsp3) is 1.00. The average molecular weight is 288 g/mol. The van der Waals surface area contributed by atoms with Crippen LogP contribution >= 0.6 is 22.6 Å². The summed E-state index contributed by atoms with van der Waals surface area (Å²) in [5.41, 5.74) is 0. The standard InChI is InChI=1S/C4H9IO3S.Na.H/c5-3-1-2-4-9(6,7)8;;/h1-4H2,(H,6,7,8);;/q;+1;-1. The number of halogens is 1. The summed E-state index contributed by atoms with van der Waals surface area (Å²) in [4.78, 5) is 0. The van der Waals surface area contributed by atoms with E-state index in [4.69, 9.17) is 4.55 Å². The molecular weight excluding hydrogens is 278 g/mol. The molecular formula is C4H10INaO3S. The molecule has 0 aliphatic rings. The molecule has 6 heteroatoms. The van der Waals surface area contributed by atoms with E-state index in [2.05, 4.69) is 22.6 Å². The predicted molar refractivity (Wildman–Crippen MR) is 45.6 cm³/mol. The van der Waals surface area contributed by atoms with E-state index in [0.29, 0.717) is 6.42 Å². The fourth-order valence-electron chi connectivity index (χ4n) is 0.379. The van der Waals surface area contributed by atoms with Crippen LogP contribution in [0.5, 0.6) is 0 Å². The Balaban J connectivity index is -0.000000320. The molecule has 58 valence electrons. The Kier molecular flexibility index (Phi) is 10.3. The molecule has 0 atom stereocenters. The molecule has 0 unspecified atom stereocenters. The van der Waals surface area contributed by atoms with Gasteiger partial charge in [0.25, 0.3) is 10.1 Å². The summed E-state index contributed by atoms with van der Waals surface area (Å²) < 4.78 is 29.3. The Morgan fingerprint density at radius 2 is 1.90 bits per heavy atom. The van der Waals surface area contributed by atoms with Crippen LogP contribution in [0.4, 0.5) is 0 Å². The first kappa shape index (κ1) is 14.2. The van der Waals surface area contributed by atoms with Gasteiger partial charge < -0.3 is 1.43 Å². The van der Waals surface area contributed by atoms with Crippen molar-refractivity contribution in [3.63, 3.8) is 0 Å². The number of unbranched alkanes of at least 4 members (excludes halogenated alkanes) is 1. The Bertz CT molecular complexity index is 161. The van der Waals surface area contributed by atoms with E-state index < -0.39 is 10.1 Å². The minimum absolute atomic E-state index is 0. The summed E-state index contributed by atoms with van der Waals surface area (Å²) >= 11 is 2.16. The number of alkyl halides is 1. The second kappa shape index (κ2) is 7.30. The molecule has 1 N–H and O–H groups in total. The first-order chi connectivity index (χ1) is 4.06. The number of rotatable bonds is 4. The van der Waals surface area contributed by atoms with Crippen molar-refractivity contribution in [1.82, 2.24) is 0 Å². The molecule has 0 aliphatic heterocycles. The summed E-state index contributed by atoms with van der Waals surface area (Å²) in [5, 5.41) is 0. The van der Waals surface area contributed by atoms with Gasteiger partial charge in [0.15, 0.2) is 0 Å². The third-order valence-corrected chi connectivity index (χ3v) is 2.35. The van der Waals surface area contributed by atoms with Crippen LogP contribution in [0.15, 0.2) is 0 Å². The third-order valence-electron chi connectivity index (χ3n) is 0.786. The molecule has 0 rings (SSSR count). The van der Waals surface area contributed by atoms with Gasteiger partial charge >= 0.3 is 29.6 Å². The monoisotopic (exact) mass is 288 g/mol. The minimum Gasteiger partial charge on any atom is -1.00 e. The molecule has 0 saturated heterocycles. The molecule has 0 aromatic rings. The van der Waals surface area contributed by atoms with Gasteiger partial charge in [-0.1, -0.05) is 22.6 Å². The van der Waals surface area contributed by atoms with Crippen molar-refractivity contribution in [2.75, 3.05) is 10.2 Å². The average Bonchev–Trinajstić information content (AvgIpc) is 1.63. The first-order valence-corrected chi connectivity index (χ1v) is 5.71. The van der Waals surface area contributed by atoms with E-state index >= 15 is 0 Å². The normalized spacial score (nSPS) is 10.6. The first-order valence-electron chi connectivity index (χ1n) is 2.57. The van der Waals surface area contributed by atoms with E-state index in [9.17, 15) is 8.42 Å². The van der Waals surface area contributed by atoms with Crippen molar-refractivity contribution in [1.29, 1.82) is 0 Å². The van der Waals surface area contributed by atoms with Gasteiger partial charge in [0.05, 0.1) is 5.75 Å². The van der Waals surface area contributed by atoms with Gasteiger partial charge in [-0.2, -0.15) is 8.42 Å². The fourth-order valence-corrected chi connectivity index (χ4v) is 1.49. The molecule has 10 heavy (non-hydrogen) atoms. The number of hydrogen-bond donors (Lipinski definition) is 1. The van der Waals surface area contributed by atoms with Crippen LogP contribution in [0.3, 0.4) is 0 Å². The van der Waals surface area contributed by atoms with Crippen molar-refractivity contribution in [3.8, 4) is 0 Å². The van der Waals surface area contributed by atoms with Crippen LogP contribution in [-0.2, 0) is 10.1 Å². The van der Waals surface area contributed by atoms with Crippen LogP contribution in [0.25, 0.3) is 0 Å². The number of hydrogen-bond acceptors (Lipinski definition) is 2. The van der Waals surface area contributed by atoms with Crippen LogP contribution in [0, 0.1) is 0 Å². The van der Waals surface area contributed by atoms with E-state index in [1.165, 1.54) is 0 Å². The maximum Gasteiger partial charge on any atom is 1.00 e. The maximum atomic E-state index is 10.1. The summed E-state index contributed by atoms with van der Waals surface area (Å²) in [5.74, 6) is -0.101. The van der Waals surface area contributed by atoms with Gasteiger partial charge in [-0.05, 0) is 17.3 Å². The smallest absolute Gasteiger partial charge is 1.00 e. The van der Waals surface area contributed by atoms with Crippen molar-refractivity contribution < 1.29 is 44.0 Å². The van der Waals surface area contributed by atoms with Crippen molar-refractivity contribution in [3.05, 3.63) is 0 Å². The molecule has 0 radical (unpaired) electrons. The van der Waals surface area contributed by atoms with Gasteiger partial charge in [0, 0.05) is 0 Å². The summed E-state index contributed by atoms with van der Waals surface area (Å²) in [6, 6.07) is 0. The van der Waals surface area contributed by atoms with Crippen LogP contribution in [0.2, 0.25) is 0 Å². The molecule has 0 spiro atoms. The van der Waals surface area contributed by atoms with Gasteiger partial charge in [-0.15, -0.1) is 0 Å². The van der Waals surface area contributed by atoms with E-state index in [1.807, 2.05) is 0 Å². The van der Waals surface area contributed by atoms with E-state index in [-0.39, 0.29) is 36.7 Å². The molecule has 3 nitrogen and oxygen atoms in total. The van der Waals surface area contributed by atoms with Gasteiger partial charge in [0.1, 0.15) is 0 Å². The van der Waals surface area contributed by atoms with Crippen LogP contribution in [-0.4, -0.2) is 23.2 Å².